The number of amides is 1. The van der Waals surface area contributed by atoms with Crippen LogP contribution in [0.2, 0.25) is 0 Å². The normalized spacial score (nSPS) is 19.2. The average Bonchev–Trinajstić information content (AvgIpc) is 2.49. The van der Waals surface area contributed by atoms with Crippen molar-refractivity contribution in [3.63, 3.8) is 0 Å². The molecular weight excluding hydrogens is 260 g/mol. The number of piperidine rings is 1. The number of benzene rings is 1. The molecule has 0 unspecified atom stereocenters. The molecule has 2 rings (SSSR count). The van der Waals surface area contributed by atoms with Crippen LogP contribution in [0.25, 0.3) is 0 Å². The molecule has 21 heavy (non-hydrogen) atoms. The van der Waals surface area contributed by atoms with Gasteiger partial charge in [-0.3, -0.25) is 4.79 Å². The predicted molar refractivity (Wildman–Crippen MR) is 87.3 cm³/mol. The van der Waals surface area contributed by atoms with Crippen LogP contribution >= 0.6 is 0 Å². The van der Waals surface area contributed by atoms with E-state index in [1.165, 1.54) is 18.4 Å². The summed E-state index contributed by atoms with van der Waals surface area (Å²) in [7, 11) is 0. The van der Waals surface area contributed by atoms with Crippen molar-refractivity contribution in [2.75, 3.05) is 19.6 Å². The molecule has 3 heteroatoms. The van der Waals surface area contributed by atoms with Crippen LogP contribution in [0.1, 0.15) is 45.1 Å². The Hall–Kier alpha value is -1.35. The summed E-state index contributed by atoms with van der Waals surface area (Å²) in [6.07, 6.45) is 4.18. The molecule has 1 aromatic carbocycles. The van der Waals surface area contributed by atoms with Gasteiger partial charge in [-0.2, -0.15) is 0 Å². The van der Waals surface area contributed by atoms with Crippen molar-refractivity contribution >= 4 is 5.91 Å². The van der Waals surface area contributed by atoms with Gasteiger partial charge in [-0.05, 0) is 49.2 Å². The molecule has 1 amide bonds. The molecule has 0 aliphatic carbocycles. The summed E-state index contributed by atoms with van der Waals surface area (Å²) in [4.78, 5) is 12.1. The molecular formula is C18H28N2O. The van der Waals surface area contributed by atoms with E-state index in [0.717, 1.165) is 32.0 Å². The highest BCUT2D eigenvalue weighted by Gasteiger charge is 2.24. The van der Waals surface area contributed by atoms with E-state index < -0.39 is 0 Å². The second-order valence-corrected chi connectivity index (χ2v) is 6.78. The Morgan fingerprint density at radius 1 is 1.33 bits per heavy atom. The van der Waals surface area contributed by atoms with Gasteiger partial charge >= 0.3 is 0 Å². The van der Waals surface area contributed by atoms with Crippen molar-refractivity contribution in [2.24, 2.45) is 5.92 Å². The van der Waals surface area contributed by atoms with Crippen molar-refractivity contribution < 1.29 is 4.79 Å². The summed E-state index contributed by atoms with van der Waals surface area (Å²) in [5.41, 5.74) is 1.11. The first-order chi connectivity index (χ1) is 10.1. The molecule has 0 spiro atoms. The first kappa shape index (κ1) is 16.0. The van der Waals surface area contributed by atoms with Crippen molar-refractivity contribution in [3.8, 4) is 0 Å². The highest BCUT2D eigenvalue weighted by Crippen LogP contribution is 2.26. The highest BCUT2D eigenvalue weighted by atomic mass is 16.1. The van der Waals surface area contributed by atoms with E-state index in [-0.39, 0.29) is 11.3 Å². The van der Waals surface area contributed by atoms with E-state index in [9.17, 15) is 4.79 Å². The molecule has 1 fully saturated rings. The minimum absolute atomic E-state index is 0.113. The zero-order valence-electron chi connectivity index (χ0n) is 13.3. The molecule has 0 bridgehead atoms. The van der Waals surface area contributed by atoms with Crippen molar-refractivity contribution in [3.05, 3.63) is 35.9 Å². The molecule has 1 aliphatic rings. The maximum Gasteiger partial charge on any atom is 0.220 e. The molecule has 3 nitrogen and oxygen atoms in total. The summed E-state index contributed by atoms with van der Waals surface area (Å²) >= 11 is 0. The summed E-state index contributed by atoms with van der Waals surface area (Å²) in [6, 6.07) is 10.3. The van der Waals surface area contributed by atoms with Gasteiger partial charge in [0.05, 0.1) is 0 Å². The van der Waals surface area contributed by atoms with Gasteiger partial charge in [0.15, 0.2) is 0 Å². The van der Waals surface area contributed by atoms with Crippen LogP contribution < -0.4 is 10.6 Å². The van der Waals surface area contributed by atoms with Crippen LogP contribution in [0, 0.1) is 5.92 Å². The van der Waals surface area contributed by atoms with Gasteiger partial charge in [0.25, 0.3) is 0 Å². The summed E-state index contributed by atoms with van der Waals surface area (Å²) in [5, 5.41) is 6.51. The molecule has 1 atom stereocenters. The molecule has 0 saturated carbocycles. The Morgan fingerprint density at radius 2 is 2.10 bits per heavy atom. The van der Waals surface area contributed by atoms with Crippen molar-refractivity contribution in [1.82, 2.24) is 10.6 Å². The fourth-order valence-corrected chi connectivity index (χ4v) is 3.04. The molecule has 0 aromatic heterocycles. The Kier molecular flexibility index (Phi) is 5.80. The van der Waals surface area contributed by atoms with E-state index >= 15 is 0 Å². The van der Waals surface area contributed by atoms with Crippen molar-refractivity contribution in [2.45, 2.75) is 44.9 Å². The average molecular weight is 288 g/mol. The number of rotatable bonds is 6. The number of nitrogens with one attached hydrogen (secondary N) is 2. The third kappa shape index (κ3) is 5.16. The van der Waals surface area contributed by atoms with Gasteiger partial charge < -0.3 is 10.6 Å². The molecule has 1 aliphatic heterocycles. The topological polar surface area (TPSA) is 41.1 Å². The van der Waals surface area contributed by atoms with E-state index in [1.54, 1.807) is 0 Å². The number of carbonyl (C=O) groups excluding carboxylic acids is 1. The van der Waals surface area contributed by atoms with Crippen LogP contribution in [-0.4, -0.2) is 25.5 Å². The number of hydrogen-bond acceptors (Lipinski definition) is 2. The Balaban J connectivity index is 1.73. The van der Waals surface area contributed by atoms with Gasteiger partial charge in [0.2, 0.25) is 5.91 Å². The van der Waals surface area contributed by atoms with Gasteiger partial charge in [-0.1, -0.05) is 44.2 Å². The molecule has 1 heterocycles. The van der Waals surface area contributed by atoms with Crippen LogP contribution in [0.5, 0.6) is 0 Å². The standard InChI is InChI=1S/C18H28N2O/c1-18(2,16-8-4-3-5-9-16)13-17(21)20-12-10-15-7-6-11-19-14-15/h3-5,8-9,15,19H,6-7,10-14H2,1-2H3,(H,20,21)/t15-/m1/s1. The molecule has 116 valence electrons. The van der Waals surface area contributed by atoms with Gasteiger partial charge in [-0.15, -0.1) is 0 Å². The smallest absolute Gasteiger partial charge is 0.220 e. The van der Waals surface area contributed by atoms with Crippen molar-refractivity contribution in [1.29, 1.82) is 0 Å². The number of hydrogen-bond donors (Lipinski definition) is 2. The second kappa shape index (κ2) is 7.60. The Labute approximate surface area is 128 Å². The SMILES string of the molecule is CC(C)(CC(=O)NCC[C@H]1CCCNC1)c1ccccc1. The zero-order valence-corrected chi connectivity index (χ0v) is 13.3. The first-order valence-electron chi connectivity index (χ1n) is 8.11. The van der Waals surface area contributed by atoms with E-state index in [2.05, 4.69) is 36.6 Å². The molecule has 2 N–H and O–H groups in total. The molecule has 1 saturated heterocycles. The lowest BCUT2D eigenvalue weighted by Gasteiger charge is -2.25. The Morgan fingerprint density at radius 3 is 2.76 bits per heavy atom. The highest BCUT2D eigenvalue weighted by molar-refractivity contribution is 5.77. The lowest BCUT2D eigenvalue weighted by molar-refractivity contribution is -0.122. The van der Waals surface area contributed by atoms with E-state index in [0.29, 0.717) is 6.42 Å². The van der Waals surface area contributed by atoms with Gasteiger partial charge in [0.1, 0.15) is 0 Å². The lowest BCUT2D eigenvalue weighted by atomic mass is 9.81. The minimum Gasteiger partial charge on any atom is -0.356 e. The fraction of sp³-hybridized carbons (Fsp3) is 0.611. The minimum atomic E-state index is -0.113. The van der Waals surface area contributed by atoms with Crippen LogP contribution in [0.4, 0.5) is 0 Å². The van der Waals surface area contributed by atoms with Gasteiger partial charge in [0, 0.05) is 13.0 Å². The number of carbonyl (C=O) groups is 1. The van der Waals surface area contributed by atoms with E-state index in [1.807, 2.05) is 18.2 Å². The Bertz CT molecular complexity index is 436. The zero-order chi connectivity index (χ0) is 15.1. The third-order valence-corrected chi connectivity index (χ3v) is 4.43. The maximum absolute atomic E-state index is 12.1. The predicted octanol–water partition coefficient (Wildman–Crippen LogP) is 2.86. The van der Waals surface area contributed by atoms with Crippen LogP contribution in [0.3, 0.4) is 0 Å². The third-order valence-electron chi connectivity index (χ3n) is 4.43. The van der Waals surface area contributed by atoms with E-state index in [4.69, 9.17) is 0 Å². The summed E-state index contributed by atoms with van der Waals surface area (Å²) in [5.74, 6) is 0.883. The monoisotopic (exact) mass is 288 g/mol. The van der Waals surface area contributed by atoms with Crippen LogP contribution in [-0.2, 0) is 10.2 Å². The molecule has 0 radical (unpaired) electrons. The summed E-state index contributed by atoms with van der Waals surface area (Å²) < 4.78 is 0. The molecule has 1 aromatic rings. The van der Waals surface area contributed by atoms with Crippen LogP contribution in [0.15, 0.2) is 30.3 Å². The fourth-order valence-electron chi connectivity index (χ4n) is 3.04. The first-order valence-corrected chi connectivity index (χ1v) is 8.11. The second-order valence-electron chi connectivity index (χ2n) is 6.78. The quantitative estimate of drug-likeness (QED) is 0.845. The van der Waals surface area contributed by atoms with Gasteiger partial charge in [-0.25, -0.2) is 0 Å². The maximum atomic E-state index is 12.1. The largest absolute Gasteiger partial charge is 0.356 e. The summed E-state index contributed by atoms with van der Waals surface area (Å²) in [6.45, 7) is 7.31. The lowest BCUT2D eigenvalue weighted by Crippen LogP contribution is -2.35.